The Bertz CT molecular complexity index is 994. The Kier molecular flexibility index (Phi) is 3.89. The SMILES string of the molecule is Cc1cn(-c2ccccc2)nc1NC(=O)Nc1ccc2c(c1)CC(=O)N2. The zero-order valence-electron chi connectivity index (χ0n) is 14.1. The van der Waals surface area contributed by atoms with Crippen LogP contribution in [0.25, 0.3) is 5.69 Å². The number of rotatable bonds is 3. The largest absolute Gasteiger partial charge is 0.326 e. The second-order valence-electron chi connectivity index (χ2n) is 6.12. The summed E-state index contributed by atoms with van der Waals surface area (Å²) in [4.78, 5) is 23.7. The van der Waals surface area contributed by atoms with Crippen LogP contribution in [0.15, 0.2) is 54.7 Å². The van der Waals surface area contributed by atoms with E-state index in [1.165, 1.54) is 0 Å². The van der Waals surface area contributed by atoms with Crippen LogP contribution in [0.4, 0.5) is 22.0 Å². The lowest BCUT2D eigenvalue weighted by Gasteiger charge is -2.08. The van der Waals surface area contributed by atoms with Gasteiger partial charge in [0, 0.05) is 23.1 Å². The molecular weight excluding hydrogens is 330 g/mol. The fraction of sp³-hybridized carbons (Fsp3) is 0.105. The average molecular weight is 347 g/mol. The minimum Gasteiger partial charge on any atom is -0.326 e. The van der Waals surface area contributed by atoms with Gasteiger partial charge in [0.05, 0.1) is 12.1 Å². The first-order valence-corrected chi connectivity index (χ1v) is 8.21. The van der Waals surface area contributed by atoms with Gasteiger partial charge in [-0.05, 0) is 42.8 Å². The molecule has 0 fully saturated rings. The lowest BCUT2D eigenvalue weighted by molar-refractivity contribution is -0.115. The van der Waals surface area contributed by atoms with Gasteiger partial charge in [0.25, 0.3) is 0 Å². The first-order chi connectivity index (χ1) is 12.6. The van der Waals surface area contributed by atoms with Crippen LogP contribution < -0.4 is 16.0 Å². The quantitative estimate of drug-likeness (QED) is 0.679. The van der Waals surface area contributed by atoms with Crippen molar-refractivity contribution in [1.29, 1.82) is 0 Å². The van der Waals surface area contributed by atoms with Crippen molar-refractivity contribution in [3.8, 4) is 5.69 Å². The molecule has 7 nitrogen and oxygen atoms in total. The van der Waals surface area contributed by atoms with Crippen LogP contribution in [0.1, 0.15) is 11.1 Å². The van der Waals surface area contributed by atoms with E-state index in [1.807, 2.05) is 43.5 Å². The lowest BCUT2D eigenvalue weighted by atomic mass is 10.1. The molecule has 0 atom stereocenters. The minimum absolute atomic E-state index is 0.0383. The van der Waals surface area contributed by atoms with Gasteiger partial charge < -0.3 is 10.6 Å². The third-order valence-electron chi connectivity index (χ3n) is 4.14. The number of urea groups is 1. The Balaban J connectivity index is 1.47. The number of hydrogen-bond donors (Lipinski definition) is 3. The molecule has 1 aliphatic rings. The van der Waals surface area contributed by atoms with E-state index in [0.717, 1.165) is 22.5 Å². The number of nitrogens with one attached hydrogen (secondary N) is 3. The van der Waals surface area contributed by atoms with Crippen molar-refractivity contribution in [1.82, 2.24) is 9.78 Å². The van der Waals surface area contributed by atoms with Crippen LogP contribution in [0.5, 0.6) is 0 Å². The van der Waals surface area contributed by atoms with E-state index >= 15 is 0 Å². The van der Waals surface area contributed by atoms with E-state index in [9.17, 15) is 9.59 Å². The minimum atomic E-state index is -0.386. The zero-order valence-corrected chi connectivity index (χ0v) is 14.1. The molecule has 0 unspecified atom stereocenters. The van der Waals surface area contributed by atoms with Crippen LogP contribution in [0, 0.1) is 6.92 Å². The maximum Gasteiger partial charge on any atom is 0.324 e. The monoisotopic (exact) mass is 347 g/mol. The van der Waals surface area contributed by atoms with E-state index in [1.54, 1.807) is 22.9 Å². The fourth-order valence-corrected chi connectivity index (χ4v) is 2.87. The van der Waals surface area contributed by atoms with E-state index in [0.29, 0.717) is 17.9 Å². The van der Waals surface area contributed by atoms with Crippen molar-refractivity contribution in [2.75, 3.05) is 16.0 Å². The summed E-state index contributed by atoms with van der Waals surface area (Å²) in [6, 6.07) is 14.6. The molecule has 7 heteroatoms. The number of fused-ring (bicyclic) bond motifs is 1. The van der Waals surface area contributed by atoms with Gasteiger partial charge in [-0.1, -0.05) is 18.2 Å². The number of nitrogens with zero attached hydrogens (tertiary/aromatic N) is 2. The Morgan fingerprint density at radius 3 is 2.77 bits per heavy atom. The number of anilines is 3. The number of aromatic nitrogens is 2. The third-order valence-corrected chi connectivity index (χ3v) is 4.14. The Morgan fingerprint density at radius 2 is 1.96 bits per heavy atom. The van der Waals surface area contributed by atoms with E-state index in [2.05, 4.69) is 21.0 Å². The molecule has 1 aromatic heterocycles. The van der Waals surface area contributed by atoms with Crippen molar-refractivity contribution in [2.45, 2.75) is 13.3 Å². The van der Waals surface area contributed by atoms with Crippen LogP contribution >= 0.6 is 0 Å². The molecule has 0 radical (unpaired) electrons. The summed E-state index contributed by atoms with van der Waals surface area (Å²) in [5, 5.41) is 12.7. The standard InChI is InChI=1S/C19H17N5O2/c1-12-11-24(15-5-3-2-4-6-15)23-18(12)22-19(26)20-14-7-8-16-13(9-14)10-17(25)21-16/h2-9,11H,10H2,1H3,(H,21,25)(H2,20,22,23,26). The maximum absolute atomic E-state index is 12.3. The Morgan fingerprint density at radius 1 is 1.15 bits per heavy atom. The summed E-state index contributed by atoms with van der Waals surface area (Å²) in [5.41, 5.74) is 4.06. The summed E-state index contributed by atoms with van der Waals surface area (Å²) in [6.07, 6.45) is 2.19. The van der Waals surface area contributed by atoms with Crippen molar-refractivity contribution >= 4 is 29.1 Å². The molecule has 4 rings (SSSR count). The molecule has 1 aliphatic heterocycles. The number of aryl methyl sites for hydroxylation is 1. The number of amides is 3. The highest BCUT2D eigenvalue weighted by molar-refractivity contribution is 6.02. The molecule has 130 valence electrons. The molecule has 2 aromatic carbocycles. The molecule has 0 saturated carbocycles. The predicted octanol–water partition coefficient (Wildman–Crippen LogP) is 3.32. The number of carbonyl (C=O) groups excluding carboxylic acids is 2. The van der Waals surface area contributed by atoms with Gasteiger partial charge in [-0.15, -0.1) is 5.10 Å². The van der Waals surface area contributed by atoms with Gasteiger partial charge in [0.1, 0.15) is 0 Å². The molecule has 3 aromatic rings. The average Bonchev–Trinajstić information content (AvgIpc) is 3.17. The molecule has 0 saturated heterocycles. The first kappa shape index (κ1) is 15.9. The van der Waals surface area contributed by atoms with E-state index in [-0.39, 0.29) is 11.9 Å². The summed E-state index contributed by atoms with van der Waals surface area (Å²) in [6.45, 7) is 1.88. The smallest absolute Gasteiger partial charge is 0.324 e. The highest BCUT2D eigenvalue weighted by atomic mass is 16.2. The van der Waals surface area contributed by atoms with Crippen molar-refractivity contribution in [3.05, 3.63) is 65.9 Å². The lowest BCUT2D eigenvalue weighted by Crippen LogP contribution is -2.20. The highest BCUT2D eigenvalue weighted by Gasteiger charge is 2.18. The second-order valence-corrected chi connectivity index (χ2v) is 6.12. The molecule has 3 N–H and O–H groups in total. The van der Waals surface area contributed by atoms with Gasteiger partial charge in [-0.25, -0.2) is 9.48 Å². The molecule has 0 aliphatic carbocycles. The third kappa shape index (κ3) is 3.14. The fourth-order valence-electron chi connectivity index (χ4n) is 2.87. The topological polar surface area (TPSA) is 88.1 Å². The molecular formula is C19H17N5O2. The number of hydrogen-bond acceptors (Lipinski definition) is 3. The van der Waals surface area contributed by atoms with Gasteiger partial charge in [-0.2, -0.15) is 0 Å². The Labute approximate surface area is 150 Å². The molecule has 2 heterocycles. The molecule has 0 bridgehead atoms. The molecule has 0 spiro atoms. The van der Waals surface area contributed by atoms with Crippen molar-refractivity contribution < 1.29 is 9.59 Å². The predicted molar refractivity (Wildman–Crippen MR) is 99.7 cm³/mol. The first-order valence-electron chi connectivity index (χ1n) is 8.21. The van der Waals surface area contributed by atoms with E-state index < -0.39 is 0 Å². The van der Waals surface area contributed by atoms with Crippen LogP contribution in [0.3, 0.4) is 0 Å². The van der Waals surface area contributed by atoms with Gasteiger partial charge in [0.15, 0.2) is 5.82 Å². The summed E-state index contributed by atoms with van der Waals surface area (Å²) < 4.78 is 1.72. The normalized spacial score (nSPS) is 12.4. The zero-order chi connectivity index (χ0) is 18.1. The van der Waals surface area contributed by atoms with Gasteiger partial charge in [0.2, 0.25) is 5.91 Å². The van der Waals surface area contributed by atoms with Crippen LogP contribution in [-0.2, 0) is 11.2 Å². The van der Waals surface area contributed by atoms with E-state index in [4.69, 9.17) is 0 Å². The maximum atomic E-state index is 12.3. The molecule has 3 amide bonds. The summed E-state index contributed by atoms with van der Waals surface area (Å²) in [5.74, 6) is 0.452. The highest BCUT2D eigenvalue weighted by Crippen LogP contribution is 2.26. The summed E-state index contributed by atoms with van der Waals surface area (Å²) in [7, 11) is 0. The van der Waals surface area contributed by atoms with Crippen LogP contribution in [0.2, 0.25) is 0 Å². The second kappa shape index (κ2) is 6.36. The summed E-state index contributed by atoms with van der Waals surface area (Å²) >= 11 is 0. The molecule has 26 heavy (non-hydrogen) atoms. The van der Waals surface area contributed by atoms with Crippen molar-refractivity contribution in [3.63, 3.8) is 0 Å². The number of carbonyl (C=O) groups is 2. The number of benzene rings is 2. The number of para-hydroxylation sites is 1. The van der Waals surface area contributed by atoms with Crippen molar-refractivity contribution in [2.24, 2.45) is 0 Å². The van der Waals surface area contributed by atoms with Gasteiger partial charge in [-0.3, -0.25) is 10.1 Å². The van der Waals surface area contributed by atoms with Gasteiger partial charge >= 0.3 is 6.03 Å². The Hall–Kier alpha value is -3.61. The van der Waals surface area contributed by atoms with Crippen LogP contribution in [-0.4, -0.2) is 21.7 Å².